The molecule has 3 fully saturated rings. The fourth-order valence-corrected chi connectivity index (χ4v) is 8.51. The quantitative estimate of drug-likeness (QED) is 0.210. The maximum atomic E-state index is 13.4. The number of nitrogens with one attached hydrogen (secondary N) is 2. The van der Waals surface area contributed by atoms with Crippen molar-refractivity contribution >= 4 is 52.6 Å². The molecule has 0 radical (unpaired) electrons. The zero-order chi connectivity index (χ0) is 38.1. The number of nitrogens with two attached hydrogens (primary N) is 1. The van der Waals surface area contributed by atoms with Gasteiger partial charge >= 0.3 is 0 Å². The number of benzene rings is 3. The summed E-state index contributed by atoms with van der Waals surface area (Å²) >= 11 is 1.50. The number of piperidine rings is 2. The van der Waals surface area contributed by atoms with E-state index in [-0.39, 0.29) is 29.7 Å². The molecular weight excluding hydrogens is 715 g/mol. The van der Waals surface area contributed by atoms with Crippen LogP contribution in [0.25, 0.3) is 0 Å². The van der Waals surface area contributed by atoms with Crippen molar-refractivity contribution < 1.29 is 19.2 Å². The lowest BCUT2D eigenvalue weighted by Gasteiger charge is -2.37. The van der Waals surface area contributed by atoms with Crippen molar-refractivity contribution in [3.8, 4) is 0 Å². The molecule has 4 N–H and O–H groups in total. The Balaban J connectivity index is 0.826. The van der Waals surface area contributed by atoms with Crippen LogP contribution in [-0.2, 0) is 22.7 Å². The third kappa shape index (κ3) is 8.36. The third-order valence-electron chi connectivity index (χ3n) is 11.0. The maximum Gasteiger partial charge on any atom is 0.255 e. The van der Waals surface area contributed by atoms with Crippen molar-refractivity contribution in [2.45, 2.75) is 67.2 Å². The molecule has 3 aromatic carbocycles. The summed E-state index contributed by atoms with van der Waals surface area (Å²) in [4.78, 5) is 69.3. The second-order valence-electron chi connectivity index (χ2n) is 15.1. The van der Waals surface area contributed by atoms with E-state index in [4.69, 9.17) is 5.73 Å². The van der Waals surface area contributed by atoms with E-state index in [1.54, 1.807) is 11.1 Å². The summed E-state index contributed by atoms with van der Waals surface area (Å²) in [6.07, 6.45) is 6.05. The molecule has 13 nitrogen and oxygen atoms in total. The van der Waals surface area contributed by atoms with Crippen molar-refractivity contribution in [1.82, 2.24) is 25.1 Å². The van der Waals surface area contributed by atoms with Gasteiger partial charge in [0, 0.05) is 91.7 Å². The molecule has 5 heterocycles. The Morgan fingerprint density at radius 3 is 2.49 bits per heavy atom. The summed E-state index contributed by atoms with van der Waals surface area (Å²) in [6.45, 7) is 8.26. The zero-order valence-electron chi connectivity index (χ0n) is 30.9. The molecule has 4 aliphatic rings. The Hall–Kier alpha value is -5.31. The van der Waals surface area contributed by atoms with Gasteiger partial charge < -0.3 is 25.8 Å². The number of imide groups is 1. The van der Waals surface area contributed by atoms with Gasteiger partial charge in [-0.15, -0.1) is 0 Å². The second-order valence-corrected chi connectivity index (χ2v) is 16.2. The van der Waals surface area contributed by atoms with Gasteiger partial charge in [-0.2, -0.15) is 0 Å². The molecule has 55 heavy (non-hydrogen) atoms. The van der Waals surface area contributed by atoms with Gasteiger partial charge in [0.25, 0.3) is 11.8 Å². The van der Waals surface area contributed by atoms with Gasteiger partial charge in [0.2, 0.25) is 11.8 Å². The maximum absolute atomic E-state index is 13.4. The molecule has 4 amide bonds. The van der Waals surface area contributed by atoms with E-state index in [0.29, 0.717) is 29.8 Å². The van der Waals surface area contributed by atoms with Gasteiger partial charge in [0.1, 0.15) is 16.9 Å². The number of fused-ring (bicyclic) bond motifs is 1. The number of carbonyl (C=O) groups is 4. The standard InChI is InChI=1S/C41H45N9O4S/c1-41(42)12-14-49(15-13-41)35-23-44-37(24-43-35)55-32-7-3-6-30(22-32)45-38(52)28-5-2-4-27(20-28)25-47-16-18-48(19-17-47)31-8-9-33-29(21-31)26-50(40(33)54)34-10-11-36(51)46-39(34)53/h2-9,20-24,34H,10-19,25-26,42H2,1H3,(H,45,52)(H,46,51,53). The Labute approximate surface area is 324 Å². The van der Waals surface area contributed by atoms with Crippen molar-refractivity contribution in [3.63, 3.8) is 0 Å². The summed E-state index contributed by atoms with van der Waals surface area (Å²) < 4.78 is 0. The molecule has 0 spiro atoms. The molecule has 284 valence electrons. The van der Waals surface area contributed by atoms with Crippen LogP contribution in [0.15, 0.2) is 89.0 Å². The van der Waals surface area contributed by atoms with Gasteiger partial charge in [-0.05, 0) is 85.8 Å². The highest BCUT2D eigenvalue weighted by molar-refractivity contribution is 7.99. The Bertz CT molecular complexity index is 2110. The molecule has 4 aliphatic heterocycles. The second kappa shape index (κ2) is 15.4. The average Bonchev–Trinajstić information content (AvgIpc) is 3.50. The highest BCUT2D eigenvalue weighted by Crippen LogP contribution is 2.32. The van der Waals surface area contributed by atoms with Crippen molar-refractivity contribution in [3.05, 3.63) is 101 Å². The van der Waals surface area contributed by atoms with Crippen molar-refractivity contribution in [2.24, 2.45) is 5.73 Å². The topological polar surface area (TPSA) is 157 Å². The molecule has 0 bridgehead atoms. The number of anilines is 3. The number of hydrogen-bond acceptors (Lipinski definition) is 11. The highest BCUT2D eigenvalue weighted by Gasteiger charge is 2.39. The Kier molecular flexibility index (Phi) is 10.3. The predicted octanol–water partition coefficient (Wildman–Crippen LogP) is 4.28. The minimum atomic E-state index is -0.621. The predicted molar refractivity (Wildman–Crippen MR) is 211 cm³/mol. The van der Waals surface area contributed by atoms with Gasteiger partial charge in [0.15, 0.2) is 0 Å². The van der Waals surface area contributed by atoms with Gasteiger partial charge in [0.05, 0.1) is 12.4 Å². The first-order valence-electron chi connectivity index (χ1n) is 18.9. The number of carbonyl (C=O) groups excluding carboxylic acids is 4. The Morgan fingerprint density at radius 2 is 1.73 bits per heavy atom. The number of rotatable bonds is 9. The van der Waals surface area contributed by atoms with Crippen LogP contribution in [0.1, 0.15) is 64.4 Å². The van der Waals surface area contributed by atoms with Crippen molar-refractivity contribution in [1.29, 1.82) is 0 Å². The Morgan fingerprint density at radius 1 is 0.927 bits per heavy atom. The molecule has 14 heteroatoms. The minimum absolute atomic E-state index is 0.118. The smallest absolute Gasteiger partial charge is 0.255 e. The number of hydrogen-bond donors (Lipinski definition) is 3. The van der Waals surface area contributed by atoms with Gasteiger partial charge in [-0.1, -0.05) is 30.0 Å². The fraction of sp³-hybridized carbons (Fsp3) is 0.366. The van der Waals surface area contributed by atoms with Crippen LogP contribution in [0.5, 0.6) is 0 Å². The lowest BCUT2D eigenvalue weighted by atomic mass is 9.91. The zero-order valence-corrected chi connectivity index (χ0v) is 31.7. The lowest BCUT2D eigenvalue weighted by molar-refractivity contribution is -0.136. The van der Waals surface area contributed by atoms with Crippen LogP contribution < -0.4 is 26.2 Å². The first-order valence-corrected chi connectivity index (χ1v) is 19.7. The molecule has 1 atom stereocenters. The SMILES string of the molecule is CC1(N)CCN(c2cnc(Sc3cccc(NC(=O)c4cccc(CN5CCN(c6ccc7c(c6)CN(C6CCC(=O)NC6=O)C7=O)CC5)c4)c3)cn2)CC1. The van der Waals surface area contributed by atoms with Crippen LogP contribution in [0.2, 0.25) is 0 Å². The van der Waals surface area contributed by atoms with E-state index in [1.165, 1.54) is 11.8 Å². The molecule has 8 rings (SSSR count). The van der Waals surface area contributed by atoms with E-state index in [0.717, 1.165) is 91.2 Å². The first kappa shape index (κ1) is 36.7. The molecule has 0 aliphatic carbocycles. The highest BCUT2D eigenvalue weighted by atomic mass is 32.2. The molecule has 1 unspecified atom stereocenters. The molecule has 4 aromatic rings. The van der Waals surface area contributed by atoms with Crippen LogP contribution in [-0.4, -0.2) is 94.2 Å². The molecular formula is C41H45N9O4S. The van der Waals surface area contributed by atoms with E-state index in [1.807, 2.05) is 60.8 Å². The summed E-state index contributed by atoms with van der Waals surface area (Å²) in [6, 6.07) is 20.8. The van der Waals surface area contributed by atoms with Crippen LogP contribution in [0, 0.1) is 0 Å². The average molecular weight is 760 g/mol. The number of aromatic nitrogens is 2. The third-order valence-corrected chi connectivity index (χ3v) is 11.9. The van der Waals surface area contributed by atoms with Crippen molar-refractivity contribution in [2.75, 3.05) is 54.4 Å². The summed E-state index contributed by atoms with van der Waals surface area (Å²) in [5, 5.41) is 6.20. The lowest BCUT2D eigenvalue weighted by Crippen LogP contribution is -2.52. The van der Waals surface area contributed by atoms with E-state index >= 15 is 0 Å². The summed E-state index contributed by atoms with van der Waals surface area (Å²) in [5.41, 5.74) is 11.1. The number of piperazine rings is 1. The van der Waals surface area contributed by atoms with Crippen LogP contribution >= 0.6 is 11.8 Å². The number of amides is 4. The van der Waals surface area contributed by atoms with E-state index < -0.39 is 11.9 Å². The van der Waals surface area contributed by atoms with Gasteiger partial charge in [-0.25, -0.2) is 9.97 Å². The normalized spacial score (nSPS) is 20.0. The van der Waals surface area contributed by atoms with Gasteiger partial charge in [-0.3, -0.25) is 29.4 Å². The van der Waals surface area contributed by atoms with E-state index in [9.17, 15) is 19.2 Å². The molecule has 0 saturated carbocycles. The summed E-state index contributed by atoms with van der Waals surface area (Å²) in [5.74, 6) is -0.156. The molecule has 3 saturated heterocycles. The number of nitrogens with zero attached hydrogens (tertiary/aromatic N) is 6. The molecule has 1 aromatic heterocycles. The minimum Gasteiger partial charge on any atom is -0.369 e. The van der Waals surface area contributed by atoms with Crippen LogP contribution in [0.3, 0.4) is 0 Å². The monoisotopic (exact) mass is 759 g/mol. The fourth-order valence-electron chi connectivity index (χ4n) is 7.72. The largest absolute Gasteiger partial charge is 0.369 e. The first-order chi connectivity index (χ1) is 26.6. The summed E-state index contributed by atoms with van der Waals surface area (Å²) in [7, 11) is 0. The van der Waals surface area contributed by atoms with E-state index in [2.05, 4.69) is 54.4 Å². The van der Waals surface area contributed by atoms with Crippen LogP contribution in [0.4, 0.5) is 17.2 Å².